The average Bonchev–Trinajstić information content (AvgIpc) is 2.68. The van der Waals surface area contributed by atoms with Crippen molar-refractivity contribution in [2.45, 2.75) is 0 Å². The van der Waals surface area contributed by atoms with Crippen molar-refractivity contribution < 1.29 is 19.1 Å². The smallest absolute Gasteiger partial charge is 0.251 e. The molecule has 0 heterocycles. The zero-order chi connectivity index (χ0) is 19.6. The predicted octanol–water partition coefficient (Wildman–Crippen LogP) is 3.38. The minimum Gasteiger partial charge on any atom is -0.487 e. The first-order valence-corrected chi connectivity index (χ1v) is 8.64. The second kappa shape index (κ2) is 10.4. The molecule has 6 nitrogen and oxygen atoms in total. The topological polar surface area (TPSA) is 76.7 Å². The molecule has 0 bridgehead atoms. The minimum atomic E-state index is -0.329. The summed E-state index contributed by atoms with van der Waals surface area (Å²) < 4.78 is 10.5. The molecular weight excluding hydrogens is 368 g/mol. The Labute approximate surface area is 163 Å². The van der Waals surface area contributed by atoms with E-state index >= 15 is 0 Å². The number of halogens is 1. The maximum Gasteiger partial charge on any atom is 0.251 e. The van der Waals surface area contributed by atoms with Gasteiger partial charge in [-0.15, -0.1) is 0 Å². The molecule has 0 atom stereocenters. The van der Waals surface area contributed by atoms with Crippen molar-refractivity contribution in [1.29, 1.82) is 0 Å². The average molecular weight is 389 g/mol. The molecule has 2 aromatic rings. The van der Waals surface area contributed by atoms with E-state index in [4.69, 9.17) is 21.1 Å². The van der Waals surface area contributed by atoms with Crippen LogP contribution in [0.4, 0.5) is 5.69 Å². The Bertz CT molecular complexity index is 819. The largest absolute Gasteiger partial charge is 0.487 e. The molecule has 0 fully saturated rings. The van der Waals surface area contributed by atoms with Gasteiger partial charge in [0.15, 0.2) is 5.75 Å². The van der Waals surface area contributed by atoms with E-state index in [9.17, 15) is 9.59 Å². The van der Waals surface area contributed by atoms with Crippen molar-refractivity contribution in [3.8, 4) is 5.75 Å². The van der Waals surface area contributed by atoms with Crippen LogP contribution in [-0.4, -0.2) is 39.2 Å². The van der Waals surface area contributed by atoms with Crippen LogP contribution in [0.1, 0.15) is 15.9 Å². The molecule has 2 N–H and O–H groups in total. The van der Waals surface area contributed by atoms with E-state index < -0.39 is 0 Å². The predicted molar refractivity (Wildman–Crippen MR) is 106 cm³/mol. The van der Waals surface area contributed by atoms with Gasteiger partial charge in [0.2, 0.25) is 5.91 Å². The van der Waals surface area contributed by atoms with Gasteiger partial charge in [0, 0.05) is 25.8 Å². The van der Waals surface area contributed by atoms with Gasteiger partial charge in [-0.05, 0) is 35.9 Å². The van der Waals surface area contributed by atoms with Crippen LogP contribution in [0.2, 0.25) is 5.02 Å². The van der Waals surface area contributed by atoms with Gasteiger partial charge >= 0.3 is 0 Å². The highest BCUT2D eigenvalue weighted by atomic mass is 35.5. The fraction of sp³-hybridized carbons (Fsp3) is 0.200. The molecule has 2 rings (SSSR count). The zero-order valence-electron chi connectivity index (χ0n) is 15.1. The summed E-state index contributed by atoms with van der Waals surface area (Å²) in [7, 11) is 3.15. The molecule has 2 aromatic carbocycles. The quantitative estimate of drug-likeness (QED) is 0.537. The standard InChI is InChI=1S/C20H21ClN2O4/c1-22-20(25)15-9-6-14(7-10-15)8-11-18(24)23-17-5-3-4-16(21)19(17)27-13-12-26-2/h3-11H,12-13H2,1-2H3,(H,22,25)(H,23,24)/b11-8+. The van der Waals surface area contributed by atoms with E-state index in [0.29, 0.717) is 35.2 Å². The molecule has 0 unspecified atom stereocenters. The van der Waals surface area contributed by atoms with E-state index in [1.807, 2.05) is 0 Å². The lowest BCUT2D eigenvalue weighted by molar-refractivity contribution is -0.111. The maximum absolute atomic E-state index is 12.2. The van der Waals surface area contributed by atoms with Gasteiger partial charge in [-0.2, -0.15) is 0 Å². The third kappa shape index (κ3) is 6.13. The molecule has 7 heteroatoms. The van der Waals surface area contributed by atoms with E-state index in [1.54, 1.807) is 62.7 Å². The molecular formula is C20H21ClN2O4. The summed E-state index contributed by atoms with van der Waals surface area (Å²) in [4.78, 5) is 23.7. The summed E-state index contributed by atoms with van der Waals surface area (Å²) in [6.07, 6.45) is 3.05. The number of methoxy groups -OCH3 is 1. The van der Waals surface area contributed by atoms with Crippen molar-refractivity contribution >= 4 is 35.2 Å². The van der Waals surface area contributed by atoms with Crippen LogP contribution >= 0.6 is 11.6 Å². The van der Waals surface area contributed by atoms with E-state index in [1.165, 1.54) is 6.08 Å². The van der Waals surface area contributed by atoms with E-state index in [2.05, 4.69) is 10.6 Å². The molecule has 0 spiro atoms. The lowest BCUT2D eigenvalue weighted by Crippen LogP contribution is -2.17. The lowest BCUT2D eigenvalue weighted by Gasteiger charge is -2.13. The van der Waals surface area contributed by atoms with Gasteiger partial charge in [0.05, 0.1) is 17.3 Å². The molecule has 27 heavy (non-hydrogen) atoms. The number of hydrogen-bond acceptors (Lipinski definition) is 4. The molecule has 0 saturated heterocycles. The number of carbonyl (C=O) groups excluding carboxylic acids is 2. The fourth-order valence-electron chi connectivity index (χ4n) is 2.22. The summed E-state index contributed by atoms with van der Waals surface area (Å²) >= 11 is 6.15. The van der Waals surface area contributed by atoms with Gasteiger partial charge in [-0.3, -0.25) is 9.59 Å². The van der Waals surface area contributed by atoms with E-state index in [0.717, 1.165) is 5.56 Å². The van der Waals surface area contributed by atoms with Crippen LogP contribution in [0.5, 0.6) is 5.75 Å². The van der Waals surface area contributed by atoms with Gasteiger partial charge < -0.3 is 20.1 Å². The monoisotopic (exact) mass is 388 g/mol. The van der Waals surface area contributed by atoms with Crippen molar-refractivity contribution in [1.82, 2.24) is 5.32 Å². The molecule has 0 aliphatic carbocycles. The second-order valence-corrected chi connectivity index (χ2v) is 5.89. The fourth-order valence-corrected chi connectivity index (χ4v) is 2.45. The summed E-state index contributed by atoms with van der Waals surface area (Å²) in [6.45, 7) is 0.723. The van der Waals surface area contributed by atoms with Crippen LogP contribution in [0.15, 0.2) is 48.5 Å². The number of amides is 2. The highest BCUT2D eigenvalue weighted by Gasteiger charge is 2.10. The van der Waals surface area contributed by atoms with Gasteiger partial charge in [0.1, 0.15) is 6.61 Å². The number of rotatable bonds is 8. The number of ether oxygens (including phenoxy) is 2. The Morgan fingerprint density at radius 2 is 1.85 bits per heavy atom. The molecule has 0 aromatic heterocycles. The maximum atomic E-state index is 12.2. The number of anilines is 1. The first kappa shape index (κ1) is 20.5. The highest BCUT2D eigenvalue weighted by molar-refractivity contribution is 6.32. The van der Waals surface area contributed by atoms with Crippen LogP contribution in [0, 0.1) is 0 Å². The Hall–Kier alpha value is -2.83. The number of para-hydroxylation sites is 1. The Balaban J connectivity index is 2.04. The van der Waals surface area contributed by atoms with Crippen molar-refractivity contribution in [2.24, 2.45) is 0 Å². The molecule has 0 aliphatic rings. The first-order chi connectivity index (χ1) is 13.0. The van der Waals surface area contributed by atoms with Crippen molar-refractivity contribution in [3.05, 3.63) is 64.7 Å². The number of benzene rings is 2. The van der Waals surface area contributed by atoms with Crippen LogP contribution in [0.25, 0.3) is 6.08 Å². The molecule has 0 saturated carbocycles. The van der Waals surface area contributed by atoms with Crippen LogP contribution in [-0.2, 0) is 9.53 Å². The van der Waals surface area contributed by atoms with Gasteiger partial charge in [-0.25, -0.2) is 0 Å². The summed E-state index contributed by atoms with van der Waals surface area (Å²) in [5, 5.41) is 5.70. The summed E-state index contributed by atoms with van der Waals surface area (Å²) in [5.74, 6) is -0.0950. The first-order valence-electron chi connectivity index (χ1n) is 8.26. The molecule has 0 aliphatic heterocycles. The summed E-state index contributed by atoms with van der Waals surface area (Å²) in [5.41, 5.74) is 1.82. The van der Waals surface area contributed by atoms with Crippen molar-refractivity contribution in [2.75, 3.05) is 32.7 Å². The zero-order valence-corrected chi connectivity index (χ0v) is 15.9. The number of nitrogens with one attached hydrogen (secondary N) is 2. The van der Waals surface area contributed by atoms with Gasteiger partial charge in [0.25, 0.3) is 5.91 Å². The molecule has 142 valence electrons. The number of carbonyl (C=O) groups is 2. The number of hydrogen-bond donors (Lipinski definition) is 2. The van der Waals surface area contributed by atoms with Crippen LogP contribution < -0.4 is 15.4 Å². The lowest BCUT2D eigenvalue weighted by atomic mass is 10.1. The third-order valence-electron chi connectivity index (χ3n) is 3.59. The Morgan fingerprint density at radius 3 is 2.52 bits per heavy atom. The molecule has 2 amide bonds. The Morgan fingerprint density at radius 1 is 1.11 bits per heavy atom. The SMILES string of the molecule is CNC(=O)c1ccc(/C=C/C(=O)Nc2cccc(Cl)c2OCCOC)cc1. The normalized spacial score (nSPS) is 10.6. The summed E-state index contributed by atoms with van der Waals surface area (Å²) in [6, 6.07) is 12.0. The third-order valence-corrected chi connectivity index (χ3v) is 3.88. The molecule has 0 radical (unpaired) electrons. The highest BCUT2D eigenvalue weighted by Crippen LogP contribution is 2.32. The second-order valence-electron chi connectivity index (χ2n) is 5.48. The van der Waals surface area contributed by atoms with Crippen LogP contribution in [0.3, 0.4) is 0 Å². The van der Waals surface area contributed by atoms with E-state index in [-0.39, 0.29) is 11.8 Å². The van der Waals surface area contributed by atoms with Crippen molar-refractivity contribution in [3.63, 3.8) is 0 Å². The Kier molecular flexibility index (Phi) is 7.85. The van der Waals surface area contributed by atoms with Gasteiger partial charge in [-0.1, -0.05) is 29.8 Å². The minimum absolute atomic E-state index is 0.162.